The van der Waals surface area contributed by atoms with Gasteiger partial charge in [0.1, 0.15) is 0 Å². The second-order valence-electron chi connectivity index (χ2n) is 7.61. The van der Waals surface area contributed by atoms with Crippen molar-refractivity contribution in [2.24, 2.45) is 0 Å². The summed E-state index contributed by atoms with van der Waals surface area (Å²) in [4.78, 5) is 37.6. The average Bonchev–Trinajstić information content (AvgIpc) is 2.88. The predicted molar refractivity (Wildman–Crippen MR) is 124 cm³/mol. The average molecular weight is 462 g/mol. The summed E-state index contributed by atoms with van der Waals surface area (Å²) in [5.41, 5.74) is 1.27. The van der Waals surface area contributed by atoms with Crippen LogP contribution in [-0.2, 0) is 25.6 Å². The van der Waals surface area contributed by atoms with E-state index in [1.807, 2.05) is 30.3 Å². The number of rotatable bonds is 11. The van der Waals surface area contributed by atoms with Crippen molar-refractivity contribution in [2.75, 3.05) is 0 Å². The first-order valence-corrected chi connectivity index (χ1v) is 10.8. The number of esters is 2. The molecule has 0 radical (unpaired) electrons. The maximum atomic E-state index is 12.8. The van der Waals surface area contributed by atoms with Crippen LogP contribution >= 0.6 is 0 Å². The highest BCUT2D eigenvalue weighted by atomic mass is 16.6. The third-order valence-corrected chi connectivity index (χ3v) is 5.05. The van der Waals surface area contributed by atoms with E-state index in [1.54, 1.807) is 60.7 Å². The van der Waals surface area contributed by atoms with Gasteiger partial charge in [-0.3, -0.25) is 0 Å². The highest BCUT2D eigenvalue weighted by molar-refractivity contribution is 5.90. The molecule has 4 atom stereocenters. The standard InChI is InChI=1S/C27H26O7/c1-19(29)24(33-26(30)21-13-7-3-8-14-21)25(34-27(31)22-15-9-4-10-16-22)23(17-28)32-18-20-11-5-2-6-12-20/h2-17,19,23-25,29H,18H2,1H3/t19-,23+,24+,25-/m0/s1. The Kier molecular flexibility index (Phi) is 9.08. The van der Waals surface area contributed by atoms with Crippen LogP contribution < -0.4 is 0 Å². The molecular formula is C27H26O7. The number of aldehydes is 1. The van der Waals surface area contributed by atoms with Crippen molar-refractivity contribution in [3.8, 4) is 0 Å². The van der Waals surface area contributed by atoms with E-state index in [1.165, 1.54) is 6.92 Å². The van der Waals surface area contributed by atoms with E-state index in [-0.39, 0.29) is 17.7 Å². The lowest BCUT2D eigenvalue weighted by atomic mass is 10.0. The van der Waals surface area contributed by atoms with Crippen molar-refractivity contribution in [2.45, 2.75) is 37.9 Å². The molecule has 1 N–H and O–H groups in total. The Bertz CT molecular complexity index is 1050. The highest BCUT2D eigenvalue weighted by Gasteiger charge is 2.40. The van der Waals surface area contributed by atoms with E-state index in [0.29, 0.717) is 6.29 Å². The normalized spacial score (nSPS) is 14.3. The molecule has 0 aliphatic rings. The van der Waals surface area contributed by atoms with Crippen LogP contribution in [0.5, 0.6) is 0 Å². The summed E-state index contributed by atoms with van der Waals surface area (Å²) >= 11 is 0. The van der Waals surface area contributed by atoms with Crippen molar-refractivity contribution in [1.29, 1.82) is 0 Å². The van der Waals surface area contributed by atoms with Crippen LogP contribution in [0, 0.1) is 0 Å². The number of carbonyl (C=O) groups is 3. The second kappa shape index (κ2) is 12.4. The molecular weight excluding hydrogens is 436 g/mol. The van der Waals surface area contributed by atoms with Crippen LogP contribution in [0.2, 0.25) is 0 Å². The second-order valence-corrected chi connectivity index (χ2v) is 7.61. The van der Waals surface area contributed by atoms with Crippen LogP contribution in [0.15, 0.2) is 91.0 Å². The SMILES string of the molecule is C[C@H](O)[C@@H](OC(=O)c1ccccc1)[C@@H](OC(=O)c1ccccc1)[C@@H](C=O)OCc1ccccc1. The first-order valence-electron chi connectivity index (χ1n) is 10.8. The van der Waals surface area contributed by atoms with Gasteiger partial charge in [0.05, 0.1) is 23.8 Å². The van der Waals surface area contributed by atoms with Crippen LogP contribution in [0.25, 0.3) is 0 Å². The van der Waals surface area contributed by atoms with Crippen molar-refractivity contribution in [3.63, 3.8) is 0 Å². The molecule has 3 aromatic rings. The van der Waals surface area contributed by atoms with Crippen LogP contribution in [0.4, 0.5) is 0 Å². The summed E-state index contributed by atoms with van der Waals surface area (Å²) in [7, 11) is 0. The first kappa shape index (κ1) is 24.8. The molecule has 0 aromatic heterocycles. The minimum Gasteiger partial charge on any atom is -0.452 e. The zero-order valence-electron chi connectivity index (χ0n) is 18.7. The number of aliphatic hydroxyl groups is 1. The predicted octanol–water partition coefficient (Wildman–Crippen LogP) is 3.60. The monoisotopic (exact) mass is 462 g/mol. The molecule has 7 nitrogen and oxygen atoms in total. The van der Waals surface area contributed by atoms with Gasteiger partial charge in [-0.1, -0.05) is 66.7 Å². The third-order valence-electron chi connectivity index (χ3n) is 5.05. The Morgan fingerprint density at radius 2 is 1.21 bits per heavy atom. The Hall–Kier alpha value is -3.81. The lowest BCUT2D eigenvalue weighted by molar-refractivity contribution is -0.146. The molecule has 0 heterocycles. The number of hydrogen-bond donors (Lipinski definition) is 1. The maximum Gasteiger partial charge on any atom is 0.338 e. The Balaban J connectivity index is 1.87. The fourth-order valence-corrected chi connectivity index (χ4v) is 3.27. The Morgan fingerprint density at radius 1 is 0.765 bits per heavy atom. The molecule has 3 aromatic carbocycles. The summed E-state index contributed by atoms with van der Waals surface area (Å²) in [5, 5.41) is 10.5. The number of hydrogen-bond acceptors (Lipinski definition) is 7. The van der Waals surface area contributed by atoms with E-state index < -0.39 is 36.4 Å². The lowest BCUT2D eigenvalue weighted by Gasteiger charge is -2.32. The molecule has 34 heavy (non-hydrogen) atoms. The molecule has 0 saturated heterocycles. The first-order chi connectivity index (χ1) is 16.5. The van der Waals surface area contributed by atoms with Gasteiger partial charge in [0.25, 0.3) is 0 Å². The Morgan fingerprint density at radius 3 is 1.65 bits per heavy atom. The summed E-state index contributed by atoms with van der Waals surface area (Å²) < 4.78 is 16.9. The lowest BCUT2D eigenvalue weighted by Crippen LogP contribution is -2.50. The van der Waals surface area contributed by atoms with Gasteiger partial charge in [-0.15, -0.1) is 0 Å². The number of benzene rings is 3. The van der Waals surface area contributed by atoms with E-state index in [0.717, 1.165) is 5.56 Å². The molecule has 0 aliphatic heterocycles. The van der Waals surface area contributed by atoms with Gasteiger partial charge >= 0.3 is 11.9 Å². The molecule has 0 aliphatic carbocycles. The highest BCUT2D eigenvalue weighted by Crippen LogP contribution is 2.20. The van der Waals surface area contributed by atoms with E-state index in [4.69, 9.17) is 14.2 Å². The summed E-state index contributed by atoms with van der Waals surface area (Å²) in [6, 6.07) is 25.5. The van der Waals surface area contributed by atoms with Crippen LogP contribution in [-0.4, -0.2) is 47.7 Å². The van der Waals surface area contributed by atoms with E-state index in [9.17, 15) is 19.5 Å². The van der Waals surface area contributed by atoms with Gasteiger partial charge in [0.2, 0.25) is 0 Å². The van der Waals surface area contributed by atoms with Gasteiger partial charge in [-0.2, -0.15) is 0 Å². The molecule has 0 spiro atoms. The number of aliphatic hydroxyl groups excluding tert-OH is 1. The minimum atomic E-state index is -1.40. The van der Waals surface area contributed by atoms with Gasteiger partial charge in [-0.25, -0.2) is 9.59 Å². The summed E-state index contributed by atoms with van der Waals surface area (Å²) in [5.74, 6) is -1.48. The van der Waals surface area contributed by atoms with Crippen molar-refractivity contribution < 1.29 is 33.7 Å². The fourth-order valence-electron chi connectivity index (χ4n) is 3.27. The number of carbonyl (C=O) groups excluding carboxylic acids is 3. The Labute approximate surface area is 197 Å². The maximum absolute atomic E-state index is 12.8. The molecule has 176 valence electrons. The van der Waals surface area contributed by atoms with Crippen LogP contribution in [0.1, 0.15) is 33.2 Å². The van der Waals surface area contributed by atoms with Crippen molar-refractivity contribution >= 4 is 18.2 Å². The molecule has 3 rings (SSSR count). The molecule has 0 fully saturated rings. The van der Waals surface area contributed by atoms with Gasteiger partial charge in [0, 0.05) is 0 Å². The van der Waals surface area contributed by atoms with E-state index in [2.05, 4.69) is 0 Å². The molecule has 0 unspecified atom stereocenters. The number of ether oxygens (including phenoxy) is 3. The molecule has 0 saturated carbocycles. The topological polar surface area (TPSA) is 99.1 Å². The van der Waals surface area contributed by atoms with Gasteiger partial charge in [-0.05, 0) is 36.8 Å². The van der Waals surface area contributed by atoms with Crippen molar-refractivity contribution in [1.82, 2.24) is 0 Å². The zero-order valence-corrected chi connectivity index (χ0v) is 18.7. The fraction of sp³-hybridized carbons (Fsp3) is 0.222. The third kappa shape index (κ3) is 6.84. The van der Waals surface area contributed by atoms with Crippen molar-refractivity contribution in [3.05, 3.63) is 108 Å². The van der Waals surface area contributed by atoms with Gasteiger partial charge in [0.15, 0.2) is 24.6 Å². The van der Waals surface area contributed by atoms with Crippen LogP contribution in [0.3, 0.4) is 0 Å². The minimum absolute atomic E-state index is 0.0444. The largest absolute Gasteiger partial charge is 0.452 e. The smallest absolute Gasteiger partial charge is 0.338 e. The quantitative estimate of drug-likeness (QED) is 0.343. The zero-order chi connectivity index (χ0) is 24.3. The molecule has 0 bridgehead atoms. The van der Waals surface area contributed by atoms with E-state index >= 15 is 0 Å². The molecule has 0 amide bonds. The van der Waals surface area contributed by atoms with Gasteiger partial charge < -0.3 is 24.1 Å². The summed E-state index contributed by atoms with van der Waals surface area (Å²) in [6.45, 7) is 1.42. The summed E-state index contributed by atoms with van der Waals surface area (Å²) in [6.07, 6.45) is -4.88. The molecule has 7 heteroatoms.